The molecule has 0 unspecified atom stereocenters. The largest absolute Gasteiger partial charge is 0.398 e. The van der Waals surface area contributed by atoms with Crippen molar-refractivity contribution >= 4 is 18.7 Å². The van der Waals surface area contributed by atoms with Crippen LogP contribution in [0.5, 0.6) is 0 Å². The Kier molecular flexibility index (Phi) is 8.17. The Labute approximate surface area is 216 Å². The quantitative estimate of drug-likeness (QED) is 0.293. The molecule has 182 valence electrons. The van der Waals surface area contributed by atoms with Gasteiger partial charge in [-0.3, -0.25) is 5.32 Å². The number of rotatable bonds is 9. The van der Waals surface area contributed by atoms with Crippen LogP contribution in [0.2, 0.25) is 5.04 Å². The Hall–Kier alpha value is -3.49. The zero-order chi connectivity index (χ0) is 25.4. The molecule has 4 aromatic rings. The predicted molar refractivity (Wildman–Crippen MR) is 151 cm³/mol. The number of benzene rings is 4. The maximum Gasteiger partial charge on any atom is 0.262 e. The van der Waals surface area contributed by atoms with E-state index in [0.29, 0.717) is 6.54 Å². The SMILES string of the molecule is CC(C)(C)[Si](O[C@H](c1ccccc1)[C@@H](C#N)NCc1ccccc1)(c1ccccc1)c1ccccc1. The van der Waals surface area contributed by atoms with E-state index in [-0.39, 0.29) is 5.04 Å². The van der Waals surface area contributed by atoms with Crippen LogP contribution in [0.1, 0.15) is 38.0 Å². The number of hydrogen-bond acceptors (Lipinski definition) is 3. The molecule has 0 aromatic heterocycles. The standard InChI is InChI=1S/C32H34N2OSi/c1-32(2,3)36(28-20-12-6-13-21-28,29-22-14-7-15-23-29)35-31(27-18-10-5-11-19-27)30(24-33)34-25-26-16-8-4-9-17-26/h4-23,30-31,34H,25H2,1-3H3/t30-,31-/m1/s1. The Bertz CT molecular complexity index is 1210. The van der Waals surface area contributed by atoms with Crippen LogP contribution < -0.4 is 15.7 Å². The highest BCUT2D eigenvalue weighted by Gasteiger charge is 2.52. The van der Waals surface area contributed by atoms with Crippen LogP contribution in [0.25, 0.3) is 0 Å². The summed E-state index contributed by atoms with van der Waals surface area (Å²) in [5.74, 6) is 0. The molecule has 36 heavy (non-hydrogen) atoms. The summed E-state index contributed by atoms with van der Waals surface area (Å²) in [5, 5.41) is 16.1. The van der Waals surface area contributed by atoms with E-state index in [9.17, 15) is 5.26 Å². The van der Waals surface area contributed by atoms with Crippen LogP contribution in [-0.4, -0.2) is 14.4 Å². The zero-order valence-electron chi connectivity index (χ0n) is 21.3. The maximum absolute atomic E-state index is 10.4. The third-order valence-corrected chi connectivity index (χ3v) is 11.7. The first-order valence-corrected chi connectivity index (χ1v) is 14.4. The molecule has 0 saturated carbocycles. The van der Waals surface area contributed by atoms with E-state index in [4.69, 9.17) is 4.43 Å². The number of nitriles is 1. The molecule has 0 aliphatic rings. The van der Waals surface area contributed by atoms with E-state index in [1.807, 2.05) is 48.5 Å². The molecule has 0 amide bonds. The van der Waals surface area contributed by atoms with Crippen molar-refractivity contribution in [2.45, 2.75) is 44.5 Å². The first kappa shape index (κ1) is 25.6. The summed E-state index contributed by atoms with van der Waals surface area (Å²) in [5.41, 5.74) is 2.13. The smallest absolute Gasteiger partial charge is 0.262 e. The Morgan fingerprint density at radius 2 is 1.17 bits per heavy atom. The van der Waals surface area contributed by atoms with Gasteiger partial charge >= 0.3 is 0 Å². The van der Waals surface area contributed by atoms with Gasteiger partial charge in [0.25, 0.3) is 8.32 Å². The van der Waals surface area contributed by atoms with Crippen LogP contribution >= 0.6 is 0 Å². The topological polar surface area (TPSA) is 45.0 Å². The summed E-state index contributed by atoms with van der Waals surface area (Å²) in [6.07, 6.45) is -0.453. The molecule has 3 nitrogen and oxygen atoms in total. The van der Waals surface area contributed by atoms with Gasteiger partial charge in [-0.2, -0.15) is 5.26 Å². The van der Waals surface area contributed by atoms with Gasteiger partial charge in [0.05, 0.1) is 12.2 Å². The Balaban J connectivity index is 1.84. The fourth-order valence-corrected chi connectivity index (χ4v) is 9.56. The van der Waals surface area contributed by atoms with Crippen molar-refractivity contribution in [1.29, 1.82) is 5.26 Å². The summed E-state index contributed by atoms with van der Waals surface area (Å²) >= 11 is 0. The minimum Gasteiger partial charge on any atom is -0.398 e. The monoisotopic (exact) mass is 490 g/mol. The average Bonchev–Trinajstić information content (AvgIpc) is 2.92. The molecule has 0 aliphatic heterocycles. The van der Waals surface area contributed by atoms with Gasteiger partial charge in [-0.1, -0.05) is 142 Å². The third kappa shape index (κ3) is 5.50. The van der Waals surface area contributed by atoms with E-state index < -0.39 is 20.5 Å². The zero-order valence-corrected chi connectivity index (χ0v) is 22.3. The second-order valence-corrected chi connectivity index (χ2v) is 14.3. The minimum atomic E-state index is -2.87. The molecule has 0 bridgehead atoms. The highest BCUT2D eigenvalue weighted by Crippen LogP contribution is 2.40. The van der Waals surface area contributed by atoms with Crippen LogP contribution in [0.4, 0.5) is 0 Å². The van der Waals surface area contributed by atoms with Crippen LogP contribution in [0.15, 0.2) is 121 Å². The van der Waals surface area contributed by atoms with Crippen molar-refractivity contribution in [2.24, 2.45) is 0 Å². The molecule has 0 fully saturated rings. The molecule has 2 atom stereocenters. The Morgan fingerprint density at radius 3 is 1.61 bits per heavy atom. The fourth-order valence-electron chi connectivity index (χ4n) is 4.90. The lowest BCUT2D eigenvalue weighted by Crippen LogP contribution is -2.67. The van der Waals surface area contributed by atoms with Gasteiger partial charge in [-0.05, 0) is 26.5 Å². The molecule has 0 heterocycles. The molecule has 4 aromatic carbocycles. The predicted octanol–water partition coefficient (Wildman–Crippen LogP) is 5.99. The molecule has 0 radical (unpaired) electrons. The lowest BCUT2D eigenvalue weighted by molar-refractivity contribution is 0.162. The van der Waals surface area contributed by atoms with Gasteiger partial charge in [-0.25, -0.2) is 0 Å². The second-order valence-electron chi connectivity index (χ2n) is 10.1. The van der Waals surface area contributed by atoms with Gasteiger partial charge in [0.15, 0.2) is 0 Å². The van der Waals surface area contributed by atoms with Gasteiger partial charge in [0.2, 0.25) is 0 Å². The summed E-state index contributed by atoms with van der Waals surface area (Å²) in [6.45, 7) is 7.38. The first-order chi connectivity index (χ1) is 17.5. The van der Waals surface area contributed by atoms with Gasteiger partial charge in [0, 0.05) is 6.54 Å². The highest BCUT2D eigenvalue weighted by atomic mass is 28.4. The molecule has 4 heteroatoms. The van der Waals surface area contributed by atoms with Crippen LogP contribution in [0, 0.1) is 11.3 Å². The van der Waals surface area contributed by atoms with E-state index in [0.717, 1.165) is 11.1 Å². The number of nitrogens with one attached hydrogen (secondary N) is 1. The van der Waals surface area contributed by atoms with E-state index in [1.54, 1.807) is 0 Å². The molecule has 0 spiro atoms. The van der Waals surface area contributed by atoms with E-state index >= 15 is 0 Å². The van der Waals surface area contributed by atoms with Crippen molar-refractivity contribution in [2.75, 3.05) is 0 Å². The minimum absolute atomic E-state index is 0.192. The number of hydrogen-bond donors (Lipinski definition) is 1. The van der Waals surface area contributed by atoms with Crippen LogP contribution in [-0.2, 0) is 11.0 Å². The lowest BCUT2D eigenvalue weighted by atomic mass is 10.0. The van der Waals surface area contributed by atoms with E-state index in [2.05, 4.69) is 105 Å². The summed E-state index contributed by atoms with van der Waals surface area (Å²) in [6, 6.07) is 43.5. The lowest BCUT2D eigenvalue weighted by Gasteiger charge is -2.46. The average molecular weight is 491 g/mol. The van der Waals surface area contributed by atoms with Crippen molar-refractivity contribution < 1.29 is 4.43 Å². The maximum atomic E-state index is 10.4. The summed E-state index contributed by atoms with van der Waals surface area (Å²) in [7, 11) is -2.87. The Morgan fingerprint density at radius 1 is 0.722 bits per heavy atom. The first-order valence-electron chi connectivity index (χ1n) is 12.5. The van der Waals surface area contributed by atoms with Crippen molar-refractivity contribution in [3.8, 4) is 6.07 Å². The van der Waals surface area contributed by atoms with Crippen molar-refractivity contribution in [3.63, 3.8) is 0 Å². The van der Waals surface area contributed by atoms with Gasteiger partial charge in [-0.15, -0.1) is 0 Å². The van der Waals surface area contributed by atoms with Crippen LogP contribution in [0.3, 0.4) is 0 Å². The second kappa shape index (κ2) is 11.5. The molecule has 0 aliphatic carbocycles. The molecule has 1 N–H and O–H groups in total. The fraction of sp³-hybridized carbons (Fsp3) is 0.219. The molecular weight excluding hydrogens is 456 g/mol. The highest BCUT2D eigenvalue weighted by molar-refractivity contribution is 6.99. The van der Waals surface area contributed by atoms with Gasteiger partial charge < -0.3 is 4.43 Å². The van der Waals surface area contributed by atoms with Crippen molar-refractivity contribution in [3.05, 3.63) is 132 Å². The molecular formula is C32H34N2OSi. The summed E-state index contributed by atoms with van der Waals surface area (Å²) < 4.78 is 7.46. The number of nitrogens with zero attached hydrogens (tertiary/aromatic N) is 1. The van der Waals surface area contributed by atoms with Crippen molar-refractivity contribution in [1.82, 2.24) is 5.32 Å². The summed E-state index contributed by atoms with van der Waals surface area (Å²) in [4.78, 5) is 0. The van der Waals surface area contributed by atoms with E-state index in [1.165, 1.54) is 10.4 Å². The molecule has 0 saturated heterocycles. The normalized spacial score (nSPS) is 13.5. The van der Waals surface area contributed by atoms with Gasteiger partial charge in [0.1, 0.15) is 6.04 Å². The third-order valence-electron chi connectivity index (χ3n) is 6.66. The molecule has 4 rings (SSSR count).